The van der Waals surface area contributed by atoms with Crippen LogP contribution in [0.2, 0.25) is 0 Å². The quantitative estimate of drug-likeness (QED) is 0.446. The maximum absolute atomic E-state index is 11.4. The summed E-state index contributed by atoms with van der Waals surface area (Å²) in [5.74, 6) is 2.36. The van der Waals surface area contributed by atoms with Gasteiger partial charge in [0.1, 0.15) is 5.76 Å². The zero-order valence-electron chi connectivity index (χ0n) is 12.3. The largest absolute Gasteiger partial charge is 0.467 e. The van der Waals surface area contributed by atoms with E-state index in [0.29, 0.717) is 18.8 Å². The third kappa shape index (κ3) is 5.50. The Morgan fingerprint density at radius 1 is 1.57 bits per heavy atom. The van der Waals surface area contributed by atoms with Crippen LogP contribution in [0.25, 0.3) is 0 Å². The van der Waals surface area contributed by atoms with Crippen molar-refractivity contribution in [3.8, 4) is 0 Å². The number of aliphatic imine (C=N–C) groups is 1. The van der Waals surface area contributed by atoms with E-state index in [9.17, 15) is 8.42 Å². The van der Waals surface area contributed by atoms with Gasteiger partial charge in [-0.3, -0.25) is 4.99 Å². The van der Waals surface area contributed by atoms with E-state index in [1.807, 2.05) is 24.1 Å². The summed E-state index contributed by atoms with van der Waals surface area (Å²) in [4.78, 5) is 6.15. The number of rotatable bonds is 4. The number of halogens is 1. The van der Waals surface area contributed by atoms with Gasteiger partial charge in [0.25, 0.3) is 0 Å². The van der Waals surface area contributed by atoms with Crippen LogP contribution in [-0.2, 0) is 16.4 Å². The summed E-state index contributed by atoms with van der Waals surface area (Å²) < 4.78 is 28.1. The summed E-state index contributed by atoms with van der Waals surface area (Å²) in [5, 5.41) is 3.23. The molecule has 1 N–H and O–H groups in total. The minimum absolute atomic E-state index is 0. The van der Waals surface area contributed by atoms with Crippen LogP contribution in [0.3, 0.4) is 0 Å². The molecule has 8 heteroatoms. The van der Waals surface area contributed by atoms with Gasteiger partial charge in [-0.15, -0.1) is 24.0 Å². The Labute approximate surface area is 142 Å². The van der Waals surface area contributed by atoms with Crippen molar-refractivity contribution in [2.45, 2.75) is 13.0 Å². The molecule has 1 aromatic heterocycles. The average molecular weight is 427 g/mol. The molecule has 0 spiro atoms. The van der Waals surface area contributed by atoms with E-state index in [-0.39, 0.29) is 35.6 Å². The van der Waals surface area contributed by atoms with Crippen molar-refractivity contribution >= 4 is 39.8 Å². The Morgan fingerprint density at radius 2 is 2.33 bits per heavy atom. The SMILES string of the molecule is CN=C(NCC1CCS(=O)(=O)C1)N(C)Cc1ccco1.I. The van der Waals surface area contributed by atoms with E-state index in [2.05, 4.69) is 10.3 Å². The minimum Gasteiger partial charge on any atom is -0.467 e. The van der Waals surface area contributed by atoms with Crippen LogP contribution < -0.4 is 5.32 Å². The summed E-state index contributed by atoms with van der Waals surface area (Å²) >= 11 is 0. The molecule has 1 unspecified atom stereocenters. The highest BCUT2D eigenvalue weighted by atomic mass is 127. The van der Waals surface area contributed by atoms with Gasteiger partial charge in [0.15, 0.2) is 15.8 Å². The van der Waals surface area contributed by atoms with Crippen molar-refractivity contribution in [2.24, 2.45) is 10.9 Å². The Hall–Kier alpha value is -0.770. The highest BCUT2D eigenvalue weighted by molar-refractivity contribution is 14.0. The van der Waals surface area contributed by atoms with Crippen LogP contribution in [0.5, 0.6) is 0 Å². The van der Waals surface area contributed by atoms with E-state index in [0.717, 1.165) is 18.1 Å². The molecule has 1 aliphatic heterocycles. The smallest absolute Gasteiger partial charge is 0.193 e. The van der Waals surface area contributed by atoms with Crippen molar-refractivity contribution in [1.82, 2.24) is 10.2 Å². The highest BCUT2D eigenvalue weighted by Gasteiger charge is 2.27. The van der Waals surface area contributed by atoms with E-state index in [1.165, 1.54) is 0 Å². The second kappa shape index (κ2) is 8.02. The number of furan rings is 1. The normalized spacial score (nSPS) is 20.9. The van der Waals surface area contributed by atoms with Gasteiger partial charge < -0.3 is 14.6 Å². The molecule has 2 heterocycles. The molecule has 0 amide bonds. The number of nitrogens with zero attached hydrogens (tertiary/aromatic N) is 2. The first-order chi connectivity index (χ1) is 9.50. The maximum atomic E-state index is 11.4. The molecule has 6 nitrogen and oxygen atoms in total. The second-order valence-corrected chi connectivity index (χ2v) is 7.36. The predicted molar refractivity (Wildman–Crippen MR) is 93.7 cm³/mol. The zero-order valence-corrected chi connectivity index (χ0v) is 15.4. The monoisotopic (exact) mass is 427 g/mol. The summed E-state index contributed by atoms with van der Waals surface area (Å²) in [6, 6.07) is 3.76. The van der Waals surface area contributed by atoms with Crippen molar-refractivity contribution in [3.05, 3.63) is 24.2 Å². The lowest BCUT2D eigenvalue weighted by Gasteiger charge is -2.22. The summed E-state index contributed by atoms with van der Waals surface area (Å²) in [5.41, 5.74) is 0. The van der Waals surface area contributed by atoms with Crippen molar-refractivity contribution in [2.75, 3.05) is 32.1 Å². The van der Waals surface area contributed by atoms with Gasteiger partial charge in [-0.25, -0.2) is 8.42 Å². The van der Waals surface area contributed by atoms with Gasteiger partial charge >= 0.3 is 0 Å². The van der Waals surface area contributed by atoms with Gasteiger partial charge in [0, 0.05) is 20.6 Å². The van der Waals surface area contributed by atoms with Gasteiger partial charge in [-0.2, -0.15) is 0 Å². The molecule has 1 atom stereocenters. The number of sulfone groups is 1. The van der Waals surface area contributed by atoms with Gasteiger partial charge in [-0.1, -0.05) is 0 Å². The van der Waals surface area contributed by atoms with Crippen LogP contribution in [-0.4, -0.2) is 51.4 Å². The molecule has 0 saturated carbocycles. The van der Waals surface area contributed by atoms with E-state index < -0.39 is 9.84 Å². The molecule has 120 valence electrons. The number of hydrogen-bond acceptors (Lipinski definition) is 4. The number of nitrogens with one attached hydrogen (secondary N) is 1. The van der Waals surface area contributed by atoms with Crippen molar-refractivity contribution in [3.63, 3.8) is 0 Å². The predicted octanol–water partition coefficient (Wildman–Crippen LogP) is 1.34. The fourth-order valence-electron chi connectivity index (χ4n) is 2.36. The first kappa shape index (κ1) is 18.3. The van der Waals surface area contributed by atoms with Crippen LogP contribution in [0.15, 0.2) is 27.8 Å². The molecular formula is C13H22IN3O3S. The molecule has 0 aromatic carbocycles. The standard InChI is InChI=1S/C13H21N3O3S.HI/c1-14-13(16(2)9-12-4-3-6-19-12)15-8-11-5-7-20(17,18)10-11;/h3-4,6,11H,5,7-10H2,1-2H3,(H,14,15);1H. The lowest BCUT2D eigenvalue weighted by Crippen LogP contribution is -2.40. The van der Waals surface area contributed by atoms with E-state index >= 15 is 0 Å². The van der Waals surface area contributed by atoms with Crippen LogP contribution in [0, 0.1) is 5.92 Å². The first-order valence-electron chi connectivity index (χ1n) is 6.65. The Morgan fingerprint density at radius 3 is 2.86 bits per heavy atom. The number of guanidine groups is 1. The van der Waals surface area contributed by atoms with Gasteiger partial charge in [-0.05, 0) is 24.5 Å². The molecule has 1 saturated heterocycles. The molecule has 1 aromatic rings. The molecule has 0 bridgehead atoms. The van der Waals surface area contributed by atoms with Crippen molar-refractivity contribution < 1.29 is 12.8 Å². The fourth-order valence-corrected chi connectivity index (χ4v) is 4.23. The topological polar surface area (TPSA) is 74.9 Å². The summed E-state index contributed by atoms with van der Waals surface area (Å²) in [6.07, 6.45) is 2.37. The van der Waals surface area contributed by atoms with Gasteiger partial charge in [0.05, 0.1) is 24.3 Å². The Balaban J connectivity index is 0.00000220. The fraction of sp³-hybridized carbons (Fsp3) is 0.615. The lowest BCUT2D eigenvalue weighted by atomic mass is 10.1. The lowest BCUT2D eigenvalue weighted by molar-refractivity contribution is 0.397. The molecule has 21 heavy (non-hydrogen) atoms. The van der Waals surface area contributed by atoms with E-state index in [1.54, 1.807) is 13.3 Å². The van der Waals surface area contributed by atoms with E-state index in [4.69, 9.17) is 4.42 Å². The number of hydrogen-bond donors (Lipinski definition) is 1. The summed E-state index contributed by atoms with van der Waals surface area (Å²) in [7, 11) is 0.815. The summed E-state index contributed by atoms with van der Waals surface area (Å²) in [6.45, 7) is 1.25. The molecule has 2 rings (SSSR count). The Bertz CT molecular complexity index is 557. The molecular weight excluding hydrogens is 405 g/mol. The molecule has 1 fully saturated rings. The van der Waals surface area contributed by atoms with Gasteiger partial charge in [0.2, 0.25) is 0 Å². The molecule has 1 aliphatic rings. The third-order valence-electron chi connectivity index (χ3n) is 3.42. The molecule has 0 aliphatic carbocycles. The maximum Gasteiger partial charge on any atom is 0.193 e. The third-order valence-corrected chi connectivity index (χ3v) is 5.26. The highest BCUT2D eigenvalue weighted by Crippen LogP contribution is 2.17. The zero-order chi connectivity index (χ0) is 14.6. The van der Waals surface area contributed by atoms with Crippen LogP contribution in [0.4, 0.5) is 0 Å². The van der Waals surface area contributed by atoms with Crippen molar-refractivity contribution in [1.29, 1.82) is 0 Å². The average Bonchev–Trinajstić information content (AvgIpc) is 3.00. The minimum atomic E-state index is -2.82. The second-order valence-electron chi connectivity index (χ2n) is 5.13. The van der Waals surface area contributed by atoms with Crippen LogP contribution in [0.1, 0.15) is 12.2 Å². The Kier molecular flexibility index (Phi) is 6.98. The molecule has 0 radical (unpaired) electrons. The first-order valence-corrected chi connectivity index (χ1v) is 8.47. The van der Waals surface area contributed by atoms with Crippen LogP contribution >= 0.6 is 24.0 Å².